The summed E-state index contributed by atoms with van der Waals surface area (Å²) >= 11 is 11.9. The van der Waals surface area contributed by atoms with Crippen LogP contribution in [0.4, 0.5) is 0 Å². The Labute approximate surface area is 216 Å². The van der Waals surface area contributed by atoms with Gasteiger partial charge in [0.2, 0.25) is 0 Å². The normalized spacial score (nSPS) is 11.2. The Morgan fingerprint density at radius 1 is 1.03 bits per heavy atom. The first kappa shape index (κ1) is 23.8. The lowest BCUT2D eigenvalue weighted by molar-refractivity contribution is -0.123. The van der Waals surface area contributed by atoms with Crippen molar-refractivity contribution in [2.75, 3.05) is 13.2 Å². The highest BCUT2D eigenvalue weighted by Gasteiger charge is 2.12. The number of amides is 1. The first-order valence-electron chi connectivity index (χ1n) is 11.2. The van der Waals surface area contributed by atoms with Gasteiger partial charge in [-0.25, -0.2) is 9.67 Å². The van der Waals surface area contributed by atoms with E-state index in [9.17, 15) is 9.59 Å². The third-order valence-corrected chi connectivity index (χ3v) is 6.27. The van der Waals surface area contributed by atoms with Gasteiger partial charge in [-0.3, -0.25) is 14.2 Å². The molecule has 0 unspecified atom stereocenters. The summed E-state index contributed by atoms with van der Waals surface area (Å²) in [5.41, 5.74) is 1.33. The Kier molecular flexibility index (Phi) is 6.88. The Morgan fingerprint density at radius 3 is 2.72 bits per heavy atom. The van der Waals surface area contributed by atoms with Crippen LogP contribution in [0, 0.1) is 0 Å². The maximum atomic E-state index is 13.1. The van der Waals surface area contributed by atoms with Crippen LogP contribution in [-0.2, 0) is 17.9 Å². The van der Waals surface area contributed by atoms with Gasteiger partial charge in [0, 0.05) is 11.6 Å². The van der Waals surface area contributed by atoms with Gasteiger partial charge in [-0.2, -0.15) is 5.10 Å². The van der Waals surface area contributed by atoms with Gasteiger partial charge in [-0.15, -0.1) is 0 Å². The molecule has 10 heteroatoms. The van der Waals surface area contributed by atoms with Crippen LogP contribution < -0.4 is 15.6 Å². The monoisotopic (exact) mass is 521 g/mol. The lowest BCUT2D eigenvalue weighted by Gasteiger charge is -2.10. The number of carbonyl (C=O) groups excluding carboxylic acids is 1. The fraction of sp³-hybridized carbons (Fsp3) is 0.154. The number of halogens is 2. The molecule has 2 heterocycles. The van der Waals surface area contributed by atoms with Crippen LogP contribution in [0.15, 0.2) is 78.0 Å². The molecule has 0 fully saturated rings. The molecule has 8 nitrogen and oxygen atoms in total. The van der Waals surface area contributed by atoms with Gasteiger partial charge in [0.15, 0.2) is 12.3 Å². The van der Waals surface area contributed by atoms with Gasteiger partial charge < -0.3 is 10.1 Å². The van der Waals surface area contributed by atoms with Crippen LogP contribution in [0.5, 0.6) is 5.75 Å². The second-order valence-electron chi connectivity index (χ2n) is 8.13. The molecule has 0 aliphatic heterocycles. The highest BCUT2D eigenvalue weighted by atomic mass is 35.5. The van der Waals surface area contributed by atoms with Crippen LogP contribution in [0.2, 0.25) is 10.0 Å². The smallest absolute Gasteiger partial charge is 0.264 e. The molecule has 2 aromatic heterocycles. The highest BCUT2D eigenvalue weighted by molar-refractivity contribution is 6.35. The van der Waals surface area contributed by atoms with E-state index in [0.717, 1.165) is 16.3 Å². The second-order valence-corrected chi connectivity index (χ2v) is 8.98. The Bertz CT molecular complexity index is 1620. The van der Waals surface area contributed by atoms with E-state index in [1.807, 2.05) is 42.5 Å². The first-order chi connectivity index (χ1) is 17.5. The van der Waals surface area contributed by atoms with E-state index in [1.165, 1.54) is 12.5 Å². The van der Waals surface area contributed by atoms with Crippen LogP contribution in [0.25, 0.3) is 21.8 Å². The van der Waals surface area contributed by atoms with Crippen LogP contribution >= 0.6 is 23.2 Å². The van der Waals surface area contributed by atoms with Crippen LogP contribution in [0.1, 0.15) is 5.56 Å². The van der Waals surface area contributed by atoms with Crippen molar-refractivity contribution in [3.63, 3.8) is 0 Å². The quantitative estimate of drug-likeness (QED) is 0.328. The van der Waals surface area contributed by atoms with Crippen molar-refractivity contribution in [1.29, 1.82) is 0 Å². The molecule has 36 heavy (non-hydrogen) atoms. The fourth-order valence-electron chi connectivity index (χ4n) is 3.98. The molecule has 182 valence electrons. The van der Waals surface area contributed by atoms with Crippen molar-refractivity contribution in [3.05, 3.63) is 99.2 Å². The van der Waals surface area contributed by atoms with E-state index in [0.29, 0.717) is 39.9 Å². The number of fused-ring (bicyclic) bond motifs is 2. The van der Waals surface area contributed by atoms with E-state index >= 15 is 0 Å². The topological polar surface area (TPSA) is 91.0 Å². The molecule has 0 aliphatic carbocycles. The summed E-state index contributed by atoms with van der Waals surface area (Å²) in [4.78, 5) is 29.7. The number of benzene rings is 3. The predicted octanol–water partition coefficient (Wildman–Crippen LogP) is 4.30. The minimum Gasteiger partial charge on any atom is -0.482 e. The number of aromatic nitrogens is 4. The van der Waals surface area contributed by atoms with E-state index in [4.69, 9.17) is 27.9 Å². The van der Waals surface area contributed by atoms with Crippen molar-refractivity contribution < 1.29 is 9.53 Å². The van der Waals surface area contributed by atoms with Crippen molar-refractivity contribution in [2.45, 2.75) is 13.1 Å². The molecule has 5 aromatic rings. The molecule has 0 bridgehead atoms. The summed E-state index contributed by atoms with van der Waals surface area (Å²) in [6, 6.07) is 18.9. The Balaban J connectivity index is 1.22. The van der Waals surface area contributed by atoms with Crippen molar-refractivity contribution in [3.8, 4) is 5.75 Å². The maximum absolute atomic E-state index is 13.1. The van der Waals surface area contributed by atoms with Gasteiger partial charge in [0.25, 0.3) is 11.5 Å². The largest absolute Gasteiger partial charge is 0.482 e. The third kappa shape index (κ3) is 5.05. The highest BCUT2D eigenvalue weighted by Crippen LogP contribution is 2.27. The number of nitrogens with one attached hydrogen (secondary N) is 1. The average Bonchev–Trinajstić information content (AvgIpc) is 3.29. The molecule has 0 radical (unpaired) electrons. The summed E-state index contributed by atoms with van der Waals surface area (Å²) in [7, 11) is 0. The molecule has 1 N–H and O–H groups in total. The number of hydrogen-bond donors (Lipinski definition) is 1. The summed E-state index contributed by atoms with van der Waals surface area (Å²) in [6.07, 6.45) is 3.05. The molecule has 3 aromatic carbocycles. The van der Waals surface area contributed by atoms with Gasteiger partial charge >= 0.3 is 0 Å². The third-order valence-electron chi connectivity index (χ3n) is 5.74. The van der Waals surface area contributed by atoms with Crippen LogP contribution in [-0.4, -0.2) is 38.4 Å². The number of nitrogens with zero attached hydrogens (tertiary/aromatic N) is 4. The van der Waals surface area contributed by atoms with Gasteiger partial charge in [-0.05, 0) is 34.5 Å². The molecular weight excluding hydrogens is 501 g/mol. The number of hydrogen-bond acceptors (Lipinski definition) is 5. The average molecular weight is 522 g/mol. The second kappa shape index (κ2) is 10.4. The fourth-order valence-corrected chi connectivity index (χ4v) is 4.44. The van der Waals surface area contributed by atoms with Crippen molar-refractivity contribution >= 4 is 50.9 Å². The summed E-state index contributed by atoms with van der Waals surface area (Å²) < 4.78 is 8.61. The zero-order valence-corrected chi connectivity index (χ0v) is 20.5. The lowest BCUT2D eigenvalue weighted by atomic mass is 10.0. The molecule has 0 saturated heterocycles. The zero-order chi connectivity index (χ0) is 25.1. The molecular formula is C26H21Cl2N5O3. The Hall–Kier alpha value is -3.88. The van der Waals surface area contributed by atoms with Crippen molar-refractivity contribution in [2.24, 2.45) is 0 Å². The molecule has 0 aliphatic rings. The zero-order valence-electron chi connectivity index (χ0n) is 19.0. The minimum absolute atomic E-state index is 0.170. The van der Waals surface area contributed by atoms with E-state index in [2.05, 4.69) is 15.4 Å². The van der Waals surface area contributed by atoms with E-state index in [-0.39, 0.29) is 24.6 Å². The molecule has 1 amide bonds. The predicted molar refractivity (Wildman–Crippen MR) is 140 cm³/mol. The molecule has 0 saturated carbocycles. The van der Waals surface area contributed by atoms with Gasteiger partial charge in [-0.1, -0.05) is 65.7 Å². The van der Waals surface area contributed by atoms with Crippen LogP contribution in [0.3, 0.4) is 0 Å². The Morgan fingerprint density at radius 2 is 1.86 bits per heavy atom. The van der Waals surface area contributed by atoms with Gasteiger partial charge in [0.1, 0.15) is 17.5 Å². The first-order valence-corrected chi connectivity index (χ1v) is 12.0. The van der Waals surface area contributed by atoms with E-state index < -0.39 is 0 Å². The maximum Gasteiger partial charge on any atom is 0.264 e. The summed E-state index contributed by atoms with van der Waals surface area (Å²) in [5, 5.41) is 10.5. The summed E-state index contributed by atoms with van der Waals surface area (Å²) in [5.74, 6) is 0.0566. The molecule has 5 rings (SSSR count). The van der Waals surface area contributed by atoms with Crippen molar-refractivity contribution in [1.82, 2.24) is 24.6 Å². The SMILES string of the molecule is O=C(COc1ccc(Cl)cc1Cl)NCCn1ncc2c(=O)n(Cc3cccc4ccccc34)cnc21. The molecule has 0 atom stereocenters. The lowest BCUT2D eigenvalue weighted by Crippen LogP contribution is -2.32. The standard InChI is InChI=1S/C26H21Cl2N5O3/c27-19-8-9-23(22(28)12-19)36-15-24(34)29-10-11-33-25-21(13-31-33)26(35)32(16-30-25)14-18-6-3-5-17-4-1-2-7-20(17)18/h1-9,12-13,16H,10-11,14-15H2,(H,29,34). The minimum atomic E-state index is -0.317. The number of carbonyl (C=O) groups is 1. The van der Waals surface area contributed by atoms with E-state index in [1.54, 1.807) is 27.4 Å². The summed E-state index contributed by atoms with van der Waals surface area (Å²) in [6.45, 7) is 0.838. The molecule has 0 spiro atoms. The number of rotatable bonds is 8. The number of ether oxygens (including phenoxy) is 1. The van der Waals surface area contributed by atoms with Gasteiger partial charge in [0.05, 0.1) is 24.3 Å².